The molecule has 0 atom stereocenters. The summed E-state index contributed by atoms with van der Waals surface area (Å²) >= 11 is 0. The van der Waals surface area contributed by atoms with Gasteiger partial charge in [0.1, 0.15) is 11.2 Å². The van der Waals surface area contributed by atoms with E-state index in [2.05, 4.69) is 11.4 Å². The normalized spacial score (nSPS) is 15.8. The van der Waals surface area contributed by atoms with Gasteiger partial charge < -0.3 is 10.1 Å². The van der Waals surface area contributed by atoms with Crippen molar-refractivity contribution in [3.05, 3.63) is 29.8 Å². The first kappa shape index (κ1) is 11.5. The molecular weight excluding hydrogens is 216 g/mol. The first-order valence-electron chi connectivity index (χ1n) is 5.53. The van der Waals surface area contributed by atoms with Crippen LogP contribution in [0.15, 0.2) is 24.3 Å². The minimum atomic E-state index is -0.762. The van der Waals surface area contributed by atoms with Gasteiger partial charge in [-0.3, -0.25) is 4.79 Å². The molecule has 1 aliphatic rings. The Hall–Kier alpha value is -2.02. The minimum absolute atomic E-state index is 0.175. The molecule has 17 heavy (non-hydrogen) atoms. The molecule has 1 fully saturated rings. The summed E-state index contributed by atoms with van der Waals surface area (Å²) in [6, 6.07) is 9.58. The zero-order valence-electron chi connectivity index (χ0n) is 9.69. The predicted molar refractivity (Wildman–Crippen MR) is 62.1 cm³/mol. The molecule has 1 saturated carbocycles. The lowest BCUT2D eigenvalue weighted by molar-refractivity contribution is -0.124. The van der Waals surface area contributed by atoms with Crippen molar-refractivity contribution in [3.63, 3.8) is 0 Å². The number of amides is 1. The van der Waals surface area contributed by atoms with E-state index in [1.54, 1.807) is 7.11 Å². The van der Waals surface area contributed by atoms with Crippen molar-refractivity contribution < 1.29 is 9.53 Å². The summed E-state index contributed by atoms with van der Waals surface area (Å²) in [6.45, 7) is 0.395. The van der Waals surface area contributed by atoms with Crippen molar-refractivity contribution in [3.8, 4) is 11.8 Å². The highest BCUT2D eigenvalue weighted by Crippen LogP contribution is 2.45. The molecule has 1 aromatic rings. The maximum Gasteiger partial charge on any atom is 0.240 e. The molecule has 0 heterocycles. The number of hydrogen-bond acceptors (Lipinski definition) is 3. The highest BCUT2D eigenvalue weighted by atomic mass is 16.5. The Labute approximate surface area is 100 Å². The van der Waals surface area contributed by atoms with E-state index in [1.165, 1.54) is 0 Å². The van der Waals surface area contributed by atoms with Gasteiger partial charge in [-0.15, -0.1) is 0 Å². The summed E-state index contributed by atoms with van der Waals surface area (Å²) in [5, 5.41) is 11.7. The second kappa shape index (κ2) is 4.46. The average Bonchev–Trinajstić information content (AvgIpc) is 3.17. The van der Waals surface area contributed by atoms with Crippen molar-refractivity contribution in [1.82, 2.24) is 5.32 Å². The number of methoxy groups -OCH3 is 1. The molecule has 4 heteroatoms. The molecule has 1 aliphatic carbocycles. The molecule has 0 saturated heterocycles. The second-order valence-electron chi connectivity index (χ2n) is 4.19. The molecule has 0 aromatic heterocycles. The summed E-state index contributed by atoms with van der Waals surface area (Å²) in [5.41, 5.74) is 0.152. The Bertz CT molecular complexity index is 473. The van der Waals surface area contributed by atoms with Crippen molar-refractivity contribution in [2.24, 2.45) is 5.41 Å². The quantitative estimate of drug-likeness (QED) is 0.854. The van der Waals surface area contributed by atoms with Crippen LogP contribution in [0.1, 0.15) is 18.4 Å². The van der Waals surface area contributed by atoms with Crippen LogP contribution in [0, 0.1) is 16.7 Å². The van der Waals surface area contributed by atoms with Crippen molar-refractivity contribution in [2.45, 2.75) is 19.4 Å². The Balaban J connectivity index is 1.99. The van der Waals surface area contributed by atoms with Crippen LogP contribution in [0.4, 0.5) is 0 Å². The molecular formula is C13H14N2O2. The van der Waals surface area contributed by atoms with Crippen molar-refractivity contribution in [1.29, 1.82) is 5.26 Å². The third-order valence-corrected chi connectivity index (χ3v) is 3.03. The number of carbonyl (C=O) groups is 1. The maximum absolute atomic E-state index is 11.8. The van der Waals surface area contributed by atoms with E-state index in [1.807, 2.05) is 24.3 Å². The van der Waals surface area contributed by atoms with E-state index in [0.29, 0.717) is 19.4 Å². The fourth-order valence-corrected chi connectivity index (χ4v) is 1.71. The highest BCUT2D eigenvalue weighted by Gasteiger charge is 2.50. The van der Waals surface area contributed by atoms with Crippen LogP contribution in [0.2, 0.25) is 0 Å². The van der Waals surface area contributed by atoms with Gasteiger partial charge in [-0.05, 0) is 18.9 Å². The zero-order valence-corrected chi connectivity index (χ0v) is 9.69. The molecule has 2 rings (SSSR count). The number of nitriles is 1. The first-order valence-corrected chi connectivity index (χ1v) is 5.53. The van der Waals surface area contributed by atoms with Crippen LogP contribution >= 0.6 is 0 Å². The number of nitrogens with one attached hydrogen (secondary N) is 1. The van der Waals surface area contributed by atoms with Crippen molar-refractivity contribution in [2.75, 3.05) is 7.11 Å². The molecule has 4 nitrogen and oxygen atoms in total. The summed E-state index contributed by atoms with van der Waals surface area (Å²) in [4.78, 5) is 11.8. The van der Waals surface area contributed by atoms with Gasteiger partial charge in [0, 0.05) is 12.1 Å². The predicted octanol–water partition coefficient (Wildman–Crippen LogP) is 1.62. The number of ether oxygens (including phenoxy) is 1. The minimum Gasteiger partial charge on any atom is -0.496 e. The second-order valence-corrected chi connectivity index (χ2v) is 4.19. The Kier molecular flexibility index (Phi) is 3.01. The van der Waals surface area contributed by atoms with Gasteiger partial charge in [-0.1, -0.05) is 18.2 Å². The highest BCUT2D eigenvalue weighted by molar-refractivity contribution is 5.88. The van der Waals surface area contributed by atoms with E-state index < -0.39 is 5.41 Å². The summed E-state index contributed by atoms with van der Waals surface area (Å²) in [6.07, 6.45) is 1.34. The van der Waals surface area contributed by atoms with Crippen molar-refractivity contribution >= 4 is 5.91 Å². The van der Waals surface area contributed by atoms with Crippen LogP contribution in [0.5, 0.6) is 5.75 Å². The van der Waals surface area contributed by atoms with Crippen LogP contribution in [-0.4, -0.2) is 13.0 Å². The van der Waals surface area contributed by atoms with Crippen LogP contribution in [0.3, 0.4) is 0 Å². The summed E-state index contributed by atoms with van der Waals surface area (Å²) in [7, 11) is 1.60. The molecule has 88 valence electrons. The number of para-hydroxylation sites is 1. The smallest absolute Gasteiger partial charge is 0.240 e. The number of hydrogen-bond donors (Lipinski definition) is 1. The molecule has 1 aromatic carbocycles. The topological polar surface area (TPSA) is 62.1 Å². The standard InChI is InChI=1S/C13H14N2O2/c1-17-11-5-3-2-4-10(11)8-15-12(16)13(9-14)6-7-13/h2-5H,6-8H2,1H3,(H,15,16). The Morgan fingerprint density at radius 2 is 2.24 bits per heavy atom. The molecule has 1 amide bonds. The third kappa shape index (κ3) is 2.23. The van der Waals surface area contributed by atoms with Crippen LogP contribution < -0.4 is 10.1 Å². The van der Waals surface area contributed by atoms with Crippen LogP contribution in [0.25, 0.3) is 0 Å². The fraction of sp³-hybridized carbons (Fsp3) is 0.385. The zero-order chi connectivity index (χ0) is 12.3. The van der Waals surface area contributed by atoms with Gasteiger partial charge in [0.25, 0.3) is 0 Å². The van der Waals surface area contributed by atoms with Gasteiger partial charge >= 0.3 is 0 Å². The molecule has 0 unspecified atom stereocenters. The van der Waals surface area contributed by atoms with E-state index in [4.69, 9.17) is 10.00 Å². The molecule has 1 N–H and O–H groups in total. The maximum atomic E-state index is 11.8. The lowest BCUT2D eigenvalue weighted by atomic mass is 10.1. The van der Waals surface area contributed by atoms with E-state index >= 15 is 0 Å². The largest absolute Gasteiger partial charge is 0.496 e. The number of carbonyl (C=O) groups excluding carboxylic acids is 1. The molecule has 0 spiro atoms. The van der Waals surface area contributed by atoms with Crippen LogP contribution in [-0.2, 0) is 11.3 Å². The third-order valence-electron chi connectivity index (χ3n) is 3.03. The Morgan fingerprint density at radius 3 is 2.82 bits per heavy atom. The van der Waals surface area contributed by atoms with E-state index in [0.717, 1.165) is 11.3 Å². The number of benzene rings is 1. The molecule has 0 radical (unpaired) electrons. The fourth-order valence-electron chi connectivity index (χ4n) is 1.71. The lowest BCUT2D eigenvalue weighted by Gasteiger charge is -2.11. The molecule has 0 aliphatic heterocycles. The number of rotatable bonds is 4. The van der Waals surface area contributed by atoms with Gasteiger partial charge in [0.2, 0.25) is 5.91 Å². The van der Waals surface area contributed by atoms with Gasteiger partial charge in [-0.2, -0.15) is 5.26 Å². The van der Waals surface area contributed by atoms with E-state index in [9.17, 15) is 4.79 Å². The first-order chi connectivity index (χ1) is 8.22. The number of nitrogens with zero attached hydrogens (tertiary/aromatic N) is 1. The molecule has 0 bridgehead atoms. The van der Waals surface area contributed by atoms with Gasteiger partial charge in [0.05, 0.1) is 13.2 Å². The lowest BCUT2D eigenvalue weighted by Crippen LogP contribution is -2.30. The van der Waals surface area contributed by atoms with Gasteiger partial charge in [0.15, 0.2) is 0 Å². The van der Waals surface area contributed by atoms with Gasteiger partial charge in [-0.25, -0.2) is 0 Å². The monoisotopic (exact) mass is 230 g/mol. The SMILES string of the molecule is COc1ccccc1CNC(=O)C1(C#N)CC1. The average molecular weight is 230 g/mol. The summed E-state index contributed by atoms with van der Waals surface area (Å²) in [5.74, 6) is 0.570. The summed E-state index contributed by atoms with van der Waals surface area (Å²) < 4.78 is 5.19. The van der Waals surface area contributed by atoms with E-state index in [-0.39, 0.29) is 5.91 Å². The Morgan fingerprint density at radius 1 is 1.53 bits per heavy atom.